The van der Waals surface area contributed by atoms with E-state index in [0.29, 0.717) is 0 Å². The van der Waals surface area contributed by atoms with Crippen molar-refractivity contribution in [3.63, 3.8) is 0 Å². The quantitative estimate of drug-likeness (QED) is 0.515. The summed E-state index contributed by atoms with van der Waals surface area (Å²) in [6.45, 7) is 3.83. The van der Waals surface area contributed by atoms with Crippen LogP contribution in [0.15, 0.2) is 94.5 Å². The van der Waals surface area contributed by atoms with Gasteiger partial charge in [0.15, 0.2) is 0 Å². The van der Waals surface area contributed by atoms with Gasteiger partial charge in [-0.05, 0) is 17.2 Å². The van der Waals surface area contributed by atoms with E-state index in [1.165, 1.54) is 11.1 Å². The first-order valence-corrected chi connectivity index (χ1v) is 10.5. The minimum absolute atomic E-state index is 0.289. The van der Waals surface area contributed by atoms with E-state index in [1.807, 2.05) is 24.4 Å². The van der Waals surface area contributed by atoms with Gasteiger partial charge in [-0.1, -0.05) is 94.8 Å². The summed E-state index contributed by atoms with van der Waals surface area (Å²) >= 11 is 3.58. The molecule has 0 bridgehead atoms. The zero-order valence-corrected chi connectivity index (χ0v) is 17.4. The van der Waals surface area contributed by atoms with Crippen molar-refractivity contribution >= 4 is 22.1 Å². The predicted molar refractivity (Wildman–Crippen MR) is 120 cm³/mol. The van der Waals surface area contributed by atoms with Gasteiger partial charge in [0.2, 0.25) is 0 Å². The average molecular weight is 434 g/mol. The maximum atomic E-state index is 4.71. The maximum absolute atomic E-state index is 4.71. The van der Waals surface area contributed by atoms with Crippen LogP contribution < -0.4 is 0 Å². The highest BCUT2D eigenvalue weighted by Crippen LogP contribution is 2.29. The van der Waals surface area contributed by atoms with Gasteiger partial charge in [-0.15, -0.1) is 0 Å². The van der Waals surface area contributed by atoms with E-state index in [2.05, 4.69) is 92.6 Å². The minimum Gasteiger partial charge on any atom is -0.294 e. The van der Waals surface area contributed by atoms with E-state index < -0.39 is 0 Å². The molecule has 142 valence electrons. The highest BCUT2D eigenvalue weighted by atomic mass is 79.9. The third kappa shape index (κ3) is 4.51. The predicted octanol–water partition coefficient (Wildman–Crippen LogP) is 5.19. The second-order valence-electron chi connectivity index (χ2n) is 6.98. The summed E-state index contributed by atoms with van der Waals surface area (Å²) < 4.78 is 1.07. The van der Waals surface area contributed by atoms with Gasteiger partial charge in [0.1, 0.15) is 0 Å². The Morgan fingerprint density at radius 3 is 1.82 bits per heavy atom. The van der Waals surface area contributed by atoms with Crippen LogP contribution in [0.1, 0.15) is 22.7 Å². The molecule has 1 heterocycles. The molecule has 0 spiro atoms. The summed E-state index contributed by atoms with van der Waals surface area (Å²) in [6, 6.07) is 30.1. The smallest absolute Gasteiger partial charge is 0.0603 e. The fraction of sp³-hybridized carbons (Fsp3) is 0.208. The van der Waals surface area contributed by atoms with E-state index in [0.717, 1.165) is 36.2 Å². The van der Waals surface area contributed by atoms with Crippen LogP contribution in [0.25, 0.3) is 0 Å². The molecule has 1 saturated heterocycles. The molecular formula is C24H24BrN3. The summed E-state index contributed by atoms with van der Waals surface area (Å²) in [5.41, 5.74) is 3.80. The summed E-state index contributed by atoms with van der Waals surface area (Å²) in [7, 11) is 0. The Hall–Kier alpha value is -2.43. The molecule has 0 radical (unpaired) electrons. The summed E-state index contributed by atoms with van der Waals surface area (Å²) in [6.07, 6.45) is 1.95. The molecular weight excluding hydrogens is 410 g/mol. The van der Waals surface area contributed by atoms with Crippen LogP contribution >= 0.6 is 15.9 Å². The number of hydrogen-bond acceptors (Lipinski definition) is 3. The number of nitrogens with zero attached hydrogens (tertiary/aromatic N) is 3. The van der Waals surface area contributed by atoms with Crippen molar-refractivity contribution in [3.8, 4) is 0 Å². The van der Waals surface area contributed by atoms with Crippen LogP contribution in [0.3, 0.4) is 0 Å². The van der Waals surface area contributed by atoms with Gasteiger partial charge in [0.25, 0.3) is 0 Å². The number of halogens is 1. The minimum atomic E-state index is 0.289. The van der Waals surface area contributed by atoms with Gasteiger partial charge >= 0.3 is 0 Å². The second kappa shape index (κ2) is 9.18. The van der Waals surface area contributed by atoms with Gasteiger partial charge in [-0.25, -0.2) is 0 Å². The number of piperazine rings is 1. The van der Waals surface area contributed by atoms with Crippen LogP contribution in [0, 0.1) is 0 Å². The summed E-state index contributed by atoms with van der Waals surface area (Å²) in [5.74, 6) is 0. The van der Waals surface area contributed by atoms with Crippen molar-refractivity contribution in [1.82, 2.24) is 9.91 Å². The first-order chi connectivity index (χ1) is 13.8. The Morgan fingerprint density at radius 1 is 0.714 bits per heavy atom. The van der Waals surface area contributed by atoms with Crippen molar-refractivity contribution in [2.75, 3.05) is 26.2 Å². The molecule has 0 unspecified atom stereocenters. The zero-order chi connectivity index (χ0) is 19.2. The van der Waals surface area contributed by atoms with Crippen LogP contribution in [0.5, 0.6) is 0 Å². The fourth-order valence-electron chi connectivity index (χ4n) is 3.69. The lowest BCUT2D eigenvalue weighted by Crippen LogP contribution is -2.45. The van der Waals surface area contributed by atoms with Gasteiger partial charge in [0.05, 0.1) is 12.3 Å². The molecule has 3 nitrogen and oxygen atoms in total. The topological polar surface area (TPSA) is 18.8 Å². The molecule has 4 rings (SSSR count). The van der Waals surface area contributed by atoms with E-state index in [1.54, 1.807) is 0 Å². The van der Waals surface area contributed by atoms with Crippen molar-refractivity contribution in [2.45, 2.75) is 6.04 Å². The van der Waals surface area contributed by atoms with Crippen molar-refractivity contribution in [1.29, 1.82) is 0 Å². The first kappa shape index (κ1) is 18.9. The molecule has 3 aromatic carbocycles. The third-order valence-corrected chi connectivity index (χ3v) is 5.87. The number of benzene rings is 3. The monoisotopic (exact) mass is 433 g/mol. The Balaban J connectivity index is 1.47. The lowest BCUT2D eigenvalue weighted by atomic mass is 9.96. The standard InChI is InChI=1S/C24H24BrN3/c25-23-14-8-7-13-22(23)19-26-28-17-15-27(16-18-28)24(20-9-3-1-4-10-20)21-11-5-2-6-12-21/h1-14,19,24H,15-18H2/b26-19+. The van der Waals surface area contributed by atoms with Gasteiger partial charge < -0.3 is 0 Å². The highest BCUT2D eigenvalue weighted by Gasteiger charge is 2.25. The average Bonchev–Trinajstić information content (AvgIpc) is 2.76. The van der Waals surface area contributed by atoms with Gasteiger partial charge in [-0.2, -0.15) is 5.10 Å². The molecule has 1 aliphatic heterocycles. The third-order valence-electron chi connectivity index (χ3n) is 5.15. The van der Waals surface area contributed by atoms with E-state index in [4.69, 9.17) is 5.10 Å². The largest absolute Gasteiger partial charge is 0.294 e. The second-order valence-corrected chi connectivity index (χ2v) is 7.83. The van der Waals surface area contributed by atoms with E-state index in [-0.39, 0.29) is 6.04 Å². The van der Waals surface area contributed by atoms with Gasteiger partial charge in [-0.3, -0.25) is 9.91 Å². The van der Waals surface area contributed by atoms with Crippen molar-refractivity contribution in [3.05, 3.63) is 106 Å². The number of hydrogen-bond donors (Lipinski definition) is 0. The zero-order valence-electron chi connectivity index (χ0n) is 15.8. The number of rotatable bonds is 5. The van der Waals surface area contributed by atoms with Crippen molar-refractivity contribution < 1.29 is 0 Å². The molecule has 3 aromatic rings. The summed E-state index contributed by atoms with van der Waals surface area (Å²) in [5, 5.41) is 6.87. The Labute approximate surface area is 175 Å². The molecule has 4 heteroatoms. The molecule has 0 atom stereocenters. The van der Waals surface area contributed by atoms with Crippen LogP contribution in [0.4, 0.5) is 0 Å². The fourth-order valence-corrected chi connectivity index (χ4v) is 4.08. The Kier molecular flexibility index (Phi) is 6.20. The van der Waals surface area contributed by atoms with E-state index >= 15 is 0 Å². The van der Waals surface area contributed by atoms with Gasteiger partial charge in [0, 0.05) is 36.2 Å². The number of hydrazone groups is 1. The molecule has 1 fully saturated rings. The van der Waals surface area contributed by atoms with Crippen molar-refractivity contribution in [2.24, 2.45) is 5.10 Å². The first-order valence-electron chi connectivity index (χ1n) is 9.69. The molecule has 28 heavy (non-hydrogen) atoms. The molecule has 0 aromatic heterocycles. The Bertz CT molecular complexity index is 864. The molecule has 0 saturated carbocycles. The van der Waals surface area contributed by atoms with Crippen LogP contribution in [0.2, 0.25) is 0 Å². The Morgan fingerprint density at radius 2 is 1.25 bits per heavy atom. The maximum Gasteiger partial charge on any atom is 0.0603 e. The molecule has 1 aliphatic rings. The van der Waals surface area contributed by atoms with Crippen LogP contribution in [-0.2, 0) is 0 Å². The molecule has 0 N–H and O–H groups in total. The lowest BCUT2D eigenvalue weighted by molar-refractivity contribution is 0.113. The van der Waals surface area contributed by atoms with E-state index in [9.17, 15) is 0 Å². The van der Waals surface area contributed by atoms with Crippen LogP contribution in [-0.4, -0.2) is 42.3 Å². The molecule has 0 amide bonds. The SMILES string of the molecule is Brc1ccccc1/C=N/N1CCN(C(c2ccccc2)c2ccccc2)CC1. The molecule has 0 aliphatic carbocycles. The highest BCUT2D eigenvalue weighted by molar-refractivity contribution is 9.10. The normalized spacial score (nSPS) is 15.4. The summed E-state index contributed by atoms with van der Waals surface area (Å²) in [4.78, 5) is 2.56. The lowest BCUT2D eigenvalue weighted by Gasteiger charge is -2.38.